The Hall–Kier alpha value is -1.42. The molecule has 0 aromatic heterocycles. The van der Waals surface area contributed by atoms with E-state index in [4.69, 9.17) is 19.9 Å². The molecule has 2 N–H and O–H groups in total. The molecule has 0 bridgehead atoms. The van der Waals surface area contributed by atoms with Crippen LogP contribution in [0.25, 0.3) is 0 Å². The average Bonchev–Trinajstić information content (AvgIpc) is 2.95. The van der Waals surface area contributed by atoms with Gasteiger partial charge in [-0.2, -0.15) is 0 Å². The van der Waals surface area contributed by atoms with Gasteiger partial charge >= 0.3 is 0 Å². The van der Waals surface area contributed by atoms with Crippen molar-refractivity contribution in [1.29, 1.82) is 0 Å². The van der Waals surface area contributed by atoms with Gasteiger partial charge in [-0.3, -0.25) is 0 Å². The van der Waals surface area contributed by atoms with Crippen molar-refractivity contribution >= 4 is 0 Å². The predicted octanol–water partition coefficient (Wildman–Crippen LogP) is 1.92. The van der Waals surface area contributed by atoms with E-state index in [0.717, 1.165) is 36.8 Å². The van der Waals surface area contributed by atoms with Crippen LogP contribution >= 0.6 is 0 Å². The minimum absolute atomic E-state index is 0.301. The quantitative estimate of drug-likeness (QED) is 0.847. The van der Waals surface area contributed by atoms with Gasteiger partial charge in [0.1, 0.15) is 5.75 Å². The summed E-state index contributed by atoms with van der Waals surface area (Å²) in [6.45, 7) is 1.80. The summed E-state index contributed by atoms with van der Waals surface area (Å²) in [4.78, 5) is 0. The summed E-state index contributed by atoms with van der Waals surface area (Å²) >= 11 is 0. The van der Waals surface area contributed by atoms with Crippen LogP contribution in [0.1, 0.15) is 19.3 Å². The van der Waals surface area contributed by atoms with Crippen LogP contribution < -0.4 is 19.9 Å². The first-order valence-corrected chi connectivity index (χ1v) is 6.04. The molecule has 1 aliphatic carbocycles. The molecular formula is C13H17NO3. The van der Waals surface area contributed by atoms with Gasteiger partial charge in [-0.15, -0.1) is 0 Å². The van der Waals surface area contributed by atoms with Crippen molar-refractivity contribution in [3.63, 3.8) is 0 Å². The van der Waals surface area contributed by atoms with E-state index in [9.17, 15) is 0 Å². The zero-order valence-corrected chi connectivity index (χ0v) is 9.78. The third-order valence-corrected chi connectivity index (χ3v) is 3.52. The molecule has 0 radical (unpaired) electrons. The number of ether oxygens (including phenoxy) is 3. The lowest BCUT2D eigenvalue weighted by Crippen LogP contribution is -2.17. The Bertz CT molecular complexity index is 415. The van der Waals surface area contributed by atoms with E-state index in [2.05, 4.69) is 0 Å². The molecule has 17 heavy (non-hydrogen) atoms. The van der Waals surface area contributed by atoms with Crippen LogP contribution in [0, 0.1) is 5.41 Å². The van der Waals surface area contributed by atoms with Gasteiger partial charge in [0, 0.05) is 11.5 Å². The first kappa shape index (κ1) is 10.7. The van der Waals surface area contributed by atoms with E-state index < -0.39 is 0 Å². The first-order chi connectivity index (χ1) is 8.31. The zero-order valence-electron chi connectivity index (χ0n) is 9.78. The normalized spacial score (nSPS) is 19.1. The fourth-order valence-corrected chi connectivity index (χ4v) is 2.15. The lowest BCUT2D eigenvalue weighted by atomic mass is 10.0. The molecule has 4 heteroatoms. The minimum Gasteiger partial charge on any atom is -0.493 e. The average molecular weight is 235 g/mol. The fraction of sp³-hybridized carbons (Fsp3) is 0.538. The maximum atomic E-state index is 5.82. The summed E-state index contributed by atoms with van der Waals surface area (Å²) in [6.07, 6.45) is 3.51. The van der Waals surface area contributed by atoms with E-state index >= 15 is 0 Å². The second-order valence-electron chi connectivity index (χ2n) is 4.84. The van der Waals surface area contributed by atoms with Gasteiger partial charge in [-0.25, -0.2) is 0 Å². The highest BCUT2D eigenvalue weighted by atomic mass is 16.7. The highest BCUT2D eigenvalue weighted by Gasteiger charge is 2.42. The molecule has 1 heterocycles. The monoisotopic (exact) mass is 235 g/mol. The number of fused-ring (bicyclic) bond motifs is 1. The maximum Gasteiger partial charge on any atom is 0.231 e. The molecule has 2 aliphatic rings. The highest BCUT2D eigenvalue weighted by molar-refractivity contribution is 5.46. The van der Waals surface area contributed by atoms with Crippen molar-refractivity contribution in [1.82, 2.24) is 0 Å². The van der Waals surface area contributed by atoms with Gasteiger partial charge in [0.05, 0.1) is 6.61 Å². The summed E-state index contributed by atoms with van der Waals surface area (Å²) in [7, 11) is 0. The molecule has 4 nitrogen and oxygen atoms in total. The Balaban J connectivity index is 1.62. The molecule has 1 aromatic rings. The van der Waals surface area contributed by atoms with Crippen molar-refractivity contribution in [3.8, 4) is 17.2 Å². The van der Waals surface area contributed by atoms with Crippen LogP contribution in [0.15, 0.2) is 18.2 Å². The van der Waals surface area contributed by atoms with Crippen LogP contribution in [0.4, 0.5) is 0 Å². The molecule has 1 saturated carbocycles. The van der Waals surface area contributed by atoms with Gasteiger partial charge in [0.15, 0.2) is 11.5 Å². The SMILES string of the molecule is NCCC1(COc2ccc3c(c2)OCO3)CC1. The first-order valence-electron chi connectivity index (χ1n) is 6.04. The van der Waals surface area contributed by atoms with Crippen LogP contribution in [0.2, 0.25) is 0 Å². The number of hydrogen-bond donors (Lipinski definition) is 1. The number of benzene rings is 1. The molecule has 3 rings (SSSR count). The Kier molecular flexibility index (Phi) is 2.59. The highest BCUT2D eigenvalue weighted by Crippen LogP contribution is 2.48. The topological polar surface area (TPSA) is 53.7 Å². The molecular weight excluding hydrogens is 218 g/mol. The molecule has 1 aliphatic heterocycles. The number of hydrogen-bond acceptors (Lipinski definition) is 4. The largest absolute Gasteiger partial charge is 0.493 e. The second kappa shape index (κ2) is 4.11. The second-order valence-corrected chi connectivity index (χ2v) is 4.84. The van der Waals surface area contributed by atoms with Crippen molar-refractivity contribution in [2.24, 2.45) is 11.1 Å². The van der Waals surface area contributed by atoms with Gasteiger partial charge < -0.3 is 19.9 Å². The number of rotatable bonds is 5. The van der Waals surface area contributed by atoms with E-state index in [1.54, 1.807) is 0 Å². The molecule has 0 atom stereocenters. The molecule has 0 saturated heterocycles. The van der Waals surface area contributed by atoms with Gasteiger partial charge in [0.25, 0.3) is 0 Å². The predicted molar refractivity (Wildman–Crippen MR) is 63.4 cm³/mol. The summed E-state index contributed by atoms with van der Waals surface area (Å²) in [6, 6.07) is 5.70. The van der Waals surface area contributed by atoms with E-state index in [1.807, 2.05) is 18.2 Å². The summed E-state index contributed by atoms with van der Waals surface area (Å²) in [5.74, 6) is 2.41. The molecule has 0 unspecified atom stereocenters. The lowest BCUT2D eigenvalue weighted by Gasteiger charge is -2.15. The summed E-state index contributed by atoms with van der Waals surface area (Å²) in [5.41, 5.74) is 5.94. The molecule has 1 fully saturated rings. The van der Waals surface area contributed by atoms with E-state index in [1.165, 1.54) is 12.8 Å². The van der Waals surface area contributed by atoms with Gasteiger partial charge in [-0.1, -0.05) is 0 Å². The maximum absolute atomic E-state index is 5.82. The summed E-state index contributed by atoms with van der Waals surface area (Å²) < 4.78 is 16.4. The van der Waals surface area contributed by atoms with Gasteiger partial charge in [0.2, 0.25) is 6.79 Å². The molecule has 92 valence electrons. The Morgan fingerprint density at radius 3 is 2.82 bits per heavy atom. The van der Waals surface area contributed by atoms with Crippen LogP contribution in [-0.4, -0.2) is 19.9 Å². The summed E-state index contributed by atoms with van der Waals surface area (Å²) in [5, 5.41) is 0. The molecule has 1 aromatic carbocycles. The minimum atomic E-state index is 0.301. The fourth-order valence-electron chi connectivity index (χ4n) is 2.15. The standard InChI is InChI=1S/C13H17NO3/c14-6-5-13(3-4-13)8-15-10-1-2-11-12(7-10)17-9-16-11/h1-2,7H,3-6,8-9,14H2. The van der Waals surface area contributed by atoms with Crippen molar-refractivity contribution < 1.29 is 14.2 Å². The van der Waals surface area contributed by atoms with Gasteiger partial charge in [-0.05, 0) is 37.9 Å². The molecule has 0 spiro atoms. The van der Waals surface area contributed by atoms with Crippen LogP contribution in [0.3, 0.4) is 0 Å². The van der Waals surface area contributed by atoms with E-state index in [-0.39, 0.29) is 0 Å². The van der Waals surface area contributed by atoms with Crippen molar-refractivity contribution in [2.45, 2.75) is 19.3 Å². The van der Waals surface area contributed by atoms with Crippen LogP contribution in [-0.2, 0) is 0 Å². The van der Waals surface area contributed by atoms with Crippen molar-refractivity contribution in [3.05, 3.63) is 18.2 Å². The zero-order chi connectivity index (χ0) is 11.7. The Morgan fingerprint density at radius 2 is 2.06 bits per heavy atom. The Labute approximate surface area is 101 Å². The smallest absolute Gasteiger partial charge is 0.231 e. The van der Waals surface area contributed by atoms with Crippen molar-refractivity contribution in [2.75, 3.05) is 19.9 Å². The lowest BCUT2D eigenvalue weighted by molar-refractivity contribution is 0.173. The van der Waals surface area contributed by atoms with E-state index in [0.29, 0.717) is 12.2 Å². The van der Waals surface area contributed by atoms with Crippen LogP contribution in [0.5, 0.6) is 17.2 Å². The third-order valence-electron chi connectivity index (χ3n) is 3.52. The third kappa shape index (κ3) is 2.17. The molecule has 0 amide bonds. The number of nitrogens with two attached hydrogens (primary N) is 1. The Morgan fingerprint density at radius 1 is 1.24 bits per heavy atom.